The van der Waals surface area contributed by atoms with E-state index in [1.807, 2.05) is 27.0 Å². The largest absolute Gasteiger partial charge is 0.451 e. The van der Waals surface area contributed by atoms with Crippen LogP contribution in [0.25, 0.3) is 0 Å². The summed E-state index contributed by atoms with van der Waals surface area (Å²) in [6, 6.07) is 1.29. The highest BCUT2D eigenvalue weighted by molar-refractivity contribution is 7.98. The zero-order valence-electron chi connectivity index (χ0n) is 20.0. The molecule has 35 heavy (non-hydrogen) atoms. The Morgan fingerprint density at radius 2 is 1.94 bits per heavy atom. The number of aliphatic hydroxyl groups is 1. The summed E-state index contributed by atoms with van der Waals surface area (Å²) < 4.78 is 44.1. The first kappa shape index (κ1) is 26.9. The third-order valence-corrected chi connectivity index (χ3v) is 5.85. The van der Waals surface area contributed by atoms with Gasteiger partial charge < -0.3 is 20.1 Å². The number of piperidine rings is 1. The van der Waals surface area contributed by atoms with Crippen molar-refractivity contribution in [2.24, 2.45) is 0 Å². The molecular formula is C22H29F3N6O3S. The predicted molar refractivity (Wildman–Crippen MR) is 124 cm³/mol. The van der Waals surface area contributed by atoms with E-state index in [1.54, 1.807) is 11.1 Å². The summed E-state index contributed by atoms with van der Waals surface area (Å²) in [7, 11) is 0. The Kier molecular flexibility index (Phi) is 8.42. The van der Waals surface area contributed by atoms with Crippen molar-refractivity contribution in [3.8, 4) is 0 Å². The lowest BCUT2D eigenvalue weighted by Crippen LogP contribution is -2.41. The molecule has 1 atom stereocenters. The average molecular weight is 515 g/mol. The van der Waals surface area contributed by atoms with E-state index in [2.05, 4.69) is 25.3 Å². The van der Waals surface area contributed by atoms with E-state index in [0.717, 1.165) is 6.20 Å². The van der Waals surface area contributed by atoms with Crippen LogP contribution in [0, 0.1) is 0 Å². The number of likely N-dealkylation sites (tertiary alicyclic amines) is 1. The molecule has 0 bridgehead atoms. The molecule has 1 aliphatic heterocycles. The minimum absolute atomic E-state index is 0.0249. The number of halogens is 3. The molecule has 3 rings (SSSR count). The van der Waals surface area contributed by atoms with E-state index in [4.69, 9.17) is 4.74 Å². The van der Waals surface area contributed by atoms with Crippen molar-refractivity contribution in [2.75, 3.05) is 31.2 Å². The van der Waals surface area contributed by atoms with Gasteiger partial charge in [-0.25, -0.2) is 24.7 Å². The monoisotopic (exact) mass is 514 g/mol. The van der Waals surface area contributed by atoms with Crippen LogP contribution in [0.4, 0.5) is 23.8 Å². The number of anilines is 1. The summed E-state index contributed by atoms with van der Waals surface area (Å²) in [6.07, 6.45) is -0.484. The number of aromatic nitrogens is 4. The lowest BCUT2D eigenvalue weighted by Gasteiger charge is -2.34. The number of alkyl halides is 3. The Hall–Kier alpha value is -2.67. The molecule has 0 spiro atoms. The molecule has 0 aromatic carbocycles. The molecule has 2 aromatic rings. The van der Waals surface area contributed by atoms with Gasteiger partial charge in [-0.1, -0.05) is 11.8 Å². The molecule has 0 radical (unpaired) electrons. The Morgan fingerprint density at radius 3 is 2.54 bits per heavy atom. The fourth-order valence-electron chi connectivity index (χ4n) is 3.64. The number of nitrogens with one attached hydrogen (secondary N) is 1. The van der Waals surface area contributed by atoms with Gasteiger partial charge in [-0.3, -0.25) is 0 Å². The molecule has 192 valence electrons. The van der Waals surface area contributed by atoms with E-state index >= 15 is 0 Å². The summed E-state index contributed by atoms with van der Waals surface area (Å²) in [6.45, 7) is 6.31. The zero-order valence-corrected chi connectivity index (χ0v) is 20.8. The van der Waals surface area contributed by atoms with E-state index in [0.29, 0.717) is 42.3 Å². The van der Waals surface area contributed by atoms with Crippen LogP contribution in [-0.4, -0.2) is 67.5 Å². The van der Waals surface area contributed by atoms with Crippen molar-refractivity contribution in [3.63, 3.8) is 0 Å². The van der Waals surface area contributed by atoms with Crippen LogP contribution < -0.4 is 5.32 Å². The van der Waals surface area contributed by atoms with Crippen molar-refractivity contribution < 1.29 is 27.8 Å². The van der Waals surface area contributed by atoms with Gasteiger partial charge in [0.2, 0.25) is 5.82 Å². The topological polar surface area (TPSA) is 113 Å². The van der Waals surface area contributed by atoms with Gasteiger partial charge >= 0.3 is 12.3 Å². The Labute approximate surface area is 205 Å². The quantitative estimate of drug-likeness (QED) is 0.431. The summed E-state index contributed by atoms with van der Waals surface area (Å²) in [5, 5.41) is 14.1. The number of hydrogen-bond acceptors (Lipinski definition) is 9. The maximum absolute atomic E-state index is 12.9. The third kappa shape index (κ3) is 7.40. The van der Waals surface area contributed by atoms with Gasteiger partial charge in [-0.15, -0.1) is 0 Å². The van der Waals surface area contributed by atoms with Gasteiger partial charge in [0.05, 0.1) is 11.8 Å². The first-order chi connectivity index (χ1) is 16.4. The minimum atomic E-state index is -4.67. The first-order valence-corrected chi connectivity index (χ1v) is 12.3. The highest BCUT2D eigenvalue weighted by Gasteiger charge is 2.35. The lowest BCUT2D eigenvalue weighted by molar-refractivity contribution is -0.144. The molecule has 2 N–H and O–H groups in total. The van der Waals surface area contributed by atoms with Crippen LogP contribution in [0.1, 0.15) is 62.7 Å². The molecule has 3 heterocycles. The molecule has 1 saturated heterocycles. The standard InChI is InChI=1S/C22H29F3N6O3S/c1-21(2,3)34-20(33)31-9-6-13(7-10-31)17-14(11-28-19(30-17)35-4)15(32)12-27-16-5-8-26-18(29-16)22(23,24)25/h5,8,11,13,15,32H,6-7,9-10,12H2,1-4H3,(H,26,27,29). The number of aliphatic hydroxyl groups excluding tert-OH is 1. The van der Waals surface area contributed by atoms with Crippen molar-refractivity contribution in [3.05, 3.63) is 35.5 Å². The zero-order chi connectivity index (χ0) is 25.8. The van der Waals surface area contributed by atoms with E-state index < -0.39 is 23.7 Å². The van der Waals surface area contributed by atoms with Crippen LogP contribution in [0.3, 0.4) is 0 Å². The van der Waals surface area contributed by atoms with Crippen LogP contribution >= 0.6 is 11.8 Å². The number of nitrogens with zero attached hydrogens (tertiary/aromatic N) is 5. The summed E-state index contributed by atoms with van der Waals surface area (Å²) in [5.74, 6) is -1.34. The number of thioether (sulfide) groups is 1. The fourth-order valence-corrected chi connectivity index (χ4v) is 3.98. The molecule has 0 aliphatic carbocycles. The van der Waals surface area contributed by atoms with Gasteiger partial charge in [-0.05, 0) is 45.9 Å². The highest BCUT2D eigenvalue weighted by atomic mass is 32.2. The van der Waals surface area contributed by atoms with Crippen LogP contribution in [0.15, 0.2) is 23.6 Å². The number of amides is 1. The molecule has 1 aliphatic rings. The van der Waals surface area contributed by atoms with Gasteiger partial charge in [0.1, 0.15) is 11.4 Å². The molecule has 1 amide bonds. The van der Waals surface area contributed by atoms with Crippen molar-refractivity contribution >= 4 is 23.7 Å². The second-order valence-corrected chi connectivity index (χ2v) is 9.87. The predicted octanol–water partition coefficient (Wildman–Crippen LogP) is 4.27. The fraction of sp³-hybridized carbons (Fsp3) is 0.591. The van der Waals surface area contributed by atoms with Crippen molar-refractivity contribution in [1.82, 2.24) is 24.8 Å². The van der Waals surface area contributed by atoms with Crippen molar-refractivity contribution in [2.45, 2.75) is 62.6 Å². The summed E-state index contributed by atoms with van der Waals surface area (Å²) >= 11 is 1.37. The average Bonchev–Trinajstić information content (AvgIpc) is 2.81. The van der Waals surface area contributed by atoms with E-state index in [1.165, 1.54) is 17.8 Å². The molecular weight excluding hydrogens is 485 g/mol. The Morgan fingerprint density at radius 1 is 1.26 bits per heavy atom. The molecule has 0 saturated carbocycles. The molecule has 1 fully saturated rings. The highest BCUT2D eigenvalue weighted by Crippen LogP contribution is 2.33. The van der Waals surface area contributed by atoms with Crippen LogP contribution in [0.5, 0.6) is 0 Å². The molecule has 2 aromatic heterocycles. The maximum atomic E-state index is 12.9. The SMILES string of the molecule is CSc1ncc(C(O)CNc2ccnc(C(F)(F)F)n2)c(C2CCN(C(=O)OC(C)(C)C)CC2)n1. The number of ether oxygens (including phenoxy) is 1. The normalized spacial score (nSPS) is 16.2. The maximum Gasteiger partial charge on any atom is 0.451 e. The number of carbonyl (C=O) groups excluding carboxylic acids is 1. The number of rotatable bonds is 6. The summed E-state index contributed by atoms with van der Waals surface area (Å²) in [4.78, 5) is 29.6. The number of hydrogen-bond donors (Lipinski definition) is 2. The third-order valence-electron chi connectivity index (χ3n) is 5.29. The van der Waals surface area contributed by atoms with Crippen molar-refractivity contribution in [1.29, 1.82) is 0 Å². The molecule has 9 nitrogen and oxygen atoms in total. The molecule has 1 unspecified atom stereocenters. The van der Waals surface area contributed by atoms with Crippen LogP contribution in [-0.2, 0) is 10.9 Å². The summed E-state index contributed by atoms with van der Waals surface area (Å²) in [5.41, 5.74) is 0.570. The second kappa shape index (κ2) is 10.9. The minimum Gasteiger partial charge on any atom is -0.444 e. The smallest absolute Gasteiger partial charge is 0.444 e. The Balaban J connectivity index is 1.71. The lowest BCUT2D eigenvalue weighted by atomic mass is 9.89. The first-order valence-electron chi connectivity index (χ1n) is 11.1. The van der Waals surface area contributed by atoms with Crippen LogP contribution in [0.2, 0.25) is 0 Å². The van der Waals surface area contributed by atoms with Gasteiger partial charge in [0.25, 0.3) is 0 Å². The van der Waals surface area contributed by atoms with E-state index in [-0.39, 0.29) is 24.4 Å². The van der Waals surface area contributed by atoms with Gasteiger partial charge in [0, 0.05) is 43.5 Å². The Bertz CT molecular complexity index is 1030. The second-order valence-electron chi connectivity index (χ2n) is 9.10. The van der Waals surface area contributed by atoms with Gasteiger partial charge in [-0.2, -0.15) is 13.2 Å². The van der Waals surface area contributed by atoms with Gasteiger partial charge in [0.15, 0.2) is 5.16 Å². The number of carbonyl (C=O) groups is 1. The molecule has 13 heteroatoms. The van der Waals surface area contributed by atoms with E-state index in [9.17, 15) is 23.1 Å².